The Kier molecular flexibility index (Phi) is 5.62. The number of aromatic nitrogens is 2. The zero-order valence-corrected chi connectivity index (χ0v) is 16.6. The van der Waals surface area contributed by atoms with Crippen molar-refractivity contribution in [3.63, 3.8) is 0 Å². The highest BCUT2D eigenvalue weighted by Crippen LogP contribution is 2.32. The first-order valence-electron chi connectivity index (χ1n) is 10.1. The molecule has 7 nitrogen and oxygen atoms in total. The standard InChI is InChI=1S/C21H26FN5O2/c1-15(28)25-8-10-26(11-9-25)20-3-2-17(22)12-19(20)16-13-23-21(24-14-16)27-6-4-18(29)5-7-27/h2-3,12-14,18,29H,4-11H2,1H3. The van der Waals surface area contributed by atoms with Crippen molar-refractivity contribution in [2.24, 2.45) is 0 Å². The Balaban J connectivity index is 1.55. The molecule has 1 amide bonds. The number of benzene rings is 1. The summed E-state index contributed by atoms with van der Waals surface area (Å²) >= 11 is 0. The summed E-state index contributed by atoms with van der Waals surface area (Å²) in [4.78, 5) is 26.6. The molecular formula is C21H26FN5O2. The molecular weight excluding hydrogens is 373 g/mol. The summed E-state index contributed by atoms with van der Waals surface area (Å²) in [5.41, 5.74) is 2.43. The fourth-order valence-electron chi connectivity index (χ4n) is 3.97. The van der Waals surface area contributed by atoms with Gasteiger partial charge >= 0.3 is 0 Å². The minimum atomic E-state index is -0.305. The third-order valence-corrected chi connectivity index (χ3v) is 5.72. The zero-order valence-electron chi connectivity index (χ0n) is 16.6. The topological polar surface area (TPSA) is 72.8 Å². The Hall–Kier alpha value is -2.74. The van der Waals surface area contributed by atoms with Gasteiger partial charge in [0, 0.05) is 75.4 Å². The van der Waals surface area contributed by atoms with E-state index in [4.69, 9.17) is 0 Å². The number of carbonyl (C=O) groups excluding carboxylic acids is 1. The molecule has 3 heterocycles. The number of hydrogen-bond donors (Lipinski definition) is 1. The van der Waals surface area contributed by atoms with E-state index < -0.39 is 0 Å². The van der Waals surface area contributed by atoms with Crippen molar-refractivity contribution >= 4 is 17.5 Å². The summed E-state index contributed by atoms with van der Waals surface area (Å²) in [7, 11) is 0. The molecule has 0 unspecified atom stereocenters. The number of aliphatic hydroxyl groups is 1. The van der Waals surface area contributed by atoms with Gasteiger partial charge in [0.1, 0.15) is 5.82 Å². The molecule has 2 aliphatic heterocycles. The maximum atomic E-state index is 14.0. The number of nitrogens with zero attached hydrogens (tertiary/aromatic N) is 5. The lowest BCUT2D eigenvalue weighted by molar-refractivity contribution is -0.129. The second-order valence-electron chi connectivity index (χ2n) is 7.64. The highest BCUT2D eigenvalue weighted by Gasteiger charge is 2.22. The molecule has 2 saturated heterocycles. The van der Waals surface area contributed by atoms with Crippen LogP contribution in [-0.2, 0) is 4.79 Å². The van der Waals surface area contributed by atoms with Gasteiger partial charge in [0.2, 0.25) is 11.9 Å². The van der Waals surface area contributed by atoms with E-state index >= 15 is 0 Å². The number of piperidine rings is 1. The van der Waals surface area contributed by atoms with Gasteiger partial charge in [0.15, 0.2) is 0 Å². The average Bonchev–Trinajstić information content (AvgIpc) is 2.74. The molecule has 0 radical (unpaired) electrons. The van der Waals surface area contributed by atoms with Crippen molar-refractivity contribution in [1.82, 2.24) is 14.9 Å². The number of aliphatic hydroxyl groups excluding tert-OH is 1. The van der Waals surface area contributed by atoms with Gasteiger partial charge in [-0.2, -0.15) is 0 Å². The van der Waals surface area contributed by atoms with Gasteiger partial charge in [-0.15, -0.1) is 0 Å². The molecule has 1 aromatic heterocycles. The fraction of sp³-hybridized carbons (Fsp3) is 0.476. The quantitative estimate of drug-likeness (QED) is 0.850. The number of amides is 1. The molecule has 0 saturated carbocycles. The van der Waals surface area contributed by atoms with Crippen molar-refractivity contribution in [2.75, 3.05) is 49.1 Å². The molecule has 0 aliphatic carbocycles. The van der Waals surface area contributed by atoms with Gasteiger partial charge in [-0.25, -0.2) is 14.4 Å². The number of rotatable bonds is 3. The predicted molar refractivity (Wildman–Crippen MR) is 109 cm³/mol. The maximum absolute atomic E-state index is 14.0. The molecule has 2 aromatic rings. The molecule has 4 rings (SSSR count). The molecule has 0 bridgehead atoms. The normalized spacial score (nSPS) is 18.2. The van der Waals surface area contributed by atoms with Crippen LogP contribution < -0.4 is 9.80 Å². The van der Waals surface area contributed by atoms with Gasteiger partial charge in [-0.05, 0) is 31.0 Å². The minimum Gasteiger partial charge on any atom is -0.393 e. The third-order valence-electron chi connectivity index (χ3n) is 5.72. The number of carbonyl (C=O) groups is 1. The summed E-state index contributed by atoms with van der Waals surface area (Å²) in [6.07, 6.45) is 4.65. The second kappa shape index (κ2) is 8.32. The third kappa shape index (κ3) is 4.32. The van der Waals surface area contributed by atoms with Crippen LogP contribution in [0, 0.1) is 5.82 Å². The fourth-order valence-corrected chi connectivity index (χ4v) is 3.97. The number of hydrogen-bond acceptors (Lipinski definition) is 6. The molecule has 8 heteroatoms. The summed E-state index contributed by atoms with van der Waals surface area (Å²) in [6.45, 7) is 5.75. The number of halogens is 1. The Morgan fingerprint density at radius 2 is 1.69 bits per heavy atom. The van der Waals surface area contributed by atoms with E-state index in [1.807, 2.05) is 4.90 Å². The van der Waals surface area contributed by atoms with Crippen molar-refractivity contribution in [1.29, 1.82) is 0 Å². The van der Waals surface area contributed by atoms with Crippen LogP contribution in [-0.4, -0.2) is 71.3 Å². The first-order valence-corrected chi connectivity index (χ1v) is 10.1. The maximum Gasteiger partial charge on any atom is 0.225 e. The Labute approximate surface area is 169 Å². The summed E-state index contributed by atoms with van der Waals surface area (Å²) in [5.74, 6) is 0.409. The van der Waals surface area contributed by atoms with E-state index in [1.54, 1.807) is 25.4 Å². The van der Waals surface area contributed by atoms with Crippen LogP contribution >= 0.6 is 0 Å². The molecule has 0 spiro atoms. The van der Waals surface area contributed by atoms with E-state index in [-0.39, 0.29) is 17.8 Å². The van der Waals surface area contributed by atoms with Crippen LogP contribution in [0.2, 0.25) is 0 Å². The highest BCUT2D eigenvalue weighted by molar-refractivity contribution is 5.79. The van der Waals surface area contributed by atoms with E-state index in [0.717, 1.165) is 29.9 Å². The van der Waals surface area contributed by atoms with Crippen LogP contribution in [0.1, 0.15) is 19.8 Å². The highest BCUT2D eigenvalue weighted by atomic mass is 19.1. The van der Waals surface area contributed by atoms with Gasteiger partial charge in [0.05, 0.1) is 6.10 Å². The van der Waals surface area contributed by atoms with Crippen molar-refractivity contribution in [2.45, 2.75) is 25.9 Å². The van der Waals surface area contributed by atoms with E-state index in [2.05, 4.69) is 19.8 Å². The van der Waals surface area contributed by atoms with E-state index in [9.17, 15) is 14.3 Å². The average molecular weight is 399 g/mol. The van der Waals surface area contributed by atoms with Gasteiger partial charge < -0.3 is 19.8 Å². The van der Waals surface area contributed by atoms with Crippen LogP contribution in [0.3, 0.4) is 0 Å². The zero-order chi connectivity index (χ0) is 20.4. The lowest BCUT2D eigenvalue weighted by Gasteiger charge is -2.36. The Morgan fingerprint density at radius 1 is 1.03 bits per heavy atom. The molecule has 1 N–H and O–H groups in total. The van der Waals surface area contributed by atoms with Crippen LogP contribution in [0.25, 0.3) is 11.1 Å². The number of piperazine rings is 1. The van der Waals surface area contributed by atoms with E-state index in [0.29, 0.717) is 45.0 Å². The molecule has 2 aliphatic rings. The summed E-state index contributed by atoms with van der Waals surface area (Å²) < 4.78 is 14.0. The van der Waals surface area contributed by atoms with Crippen LogP contribution in [0.15, 0.2) is 30.6 Å². The van der Waals surface area contributed by atoms with Gasteiger partial charge in [-0.1, -0.05) is 0 Å². The molecule has 154 valence electrons. The van der Waals surface area contributed by atoms with Crippen molar-refractivity contribution in [3.05, 3.63) is 36.4 Å². The van der Waals surface area contributed by atoms with Gasteiger partial charge in [-0.3, -0.25) is 4.79 Å². The Morgan fingerprint density at radius 3 is 2.31 bits per heavy atom. The first kappa shape index (κ1) is 19.6. The molecule has 29 heavy (non-hydrogen) atoms. The van der Waals surface area contributed by atoms with Crippen LogP contribution in [0.4, 0.5) is 16.0 Å². The first-order chi connectivity index (χ1) is 14.0. The lowest BCUT2D eigenvalue weighted by Crippen LogP contribution is -2.48. The molecule has 1 aromatic carbocycles. The predicted octanol–water partition coefficient (Wildman–Crippen LogP) is 1.91. The lowest BCUT2D eigenvalue weighted by atomic mass is 10.0. The monoisotopic (exact) mass is 399 g/mol. The summed E-state index contributed by atoms with van der Waals surface area (Å²) in [5, 5.41) is 9.66. The molecule has 0 atom stereocenters. The Bertz CT molecular complexity index is 860. The molecule has 2 fully saturated rings. The SMILES string of the molecule is CC(=O)N1CCN(c2ccc(F)cc2-c2cnc(N3CCC(O)CC3)nc2)CC1. The smallest absolute Gasteiger partial charge is 0.225 e. The van der Waals surface area contributed by atoms with E-state index in [1.165, 1.54) is 12.1 Å². The summed E-state index contributed by atoms with van der Waals surface area (Å²) in [6, 6.07) is 4.76. The van der Waals surface area contributed by atoms with Crippen molar-refractivity contribution in [3.8, 4) is 11.1 Å². The van der Waals surface area contributed by atoms with Crippen LogP contribution in [0.5, 0.6) is 0 Å². The van der Waals surface area contributed by atoms with Crippen molar-refractivity contribution < 1.29 is 14.3 Å². The number of anilines is 2. The largest absolute Gasteiger partial charge is 0.393 e. The van der Waals surface area contributed by atoms with Gasteiger partial charge in [0.25, 0.3) is 0 Å². The second-order valence-corrected chi connectivity index (χ2v) is 7.64. The minimum absolute atomic E-state index is 0.0817.